The van der Waals surface area contributed by atoms with Crippen molar-refractivity contribution in [2.75, 3.05) is 31.2 Å². The van der Waals surface area contributed by atoms with Gasteiger partial charge in [0.2, 0.25) is 0 Å². The van der Waals surface area contributed by atoms with Crippen molar-refractivity contribution in [3.05, 3.63) is 66.4 Å². The number of carboxylic acid groups (broad SMARTS) is 2. The number of ketones is 1. The van der Waals surface area contributed by atoms with E-state index in [2.05, 4.69) is 30.0 Å². The fourth-order valence-corrected chi connectivity index (χ4v) is 10.9. The van der Waals surface area contributed by atoms with E-state index in [1.54, 1.807) is 0 Å². The molecule has 41 nitrogen and oxygen atoms in total. The standard InChI is InChI=1S/C21H31N6O15P.C18H27N6O14P.CH4/c1-8-14(32)18(39-17(8)27-3-2-13(22)25-20(27)36)41-43(37,38)42-21(19(34)35)5-11(30)10(4-9(29)6-24-26-23)16(40-21)15(33)12(31)7-28;1-6-11(28)15(35-14(6)24-3-2-9(19)21-17(24)32)37-39(33,34)38-18(16(30)31)4-7(26)10(22-23-20)13(36-18)12(29)8(27)5-25;/h2-3,8,10-12,14-18,28,30-33H,4-7H2,1H3,(H,34,35)(H,37,38)(H2,22,25,36);2-3,6-8,10-15,25-29H,4-5H2,1H3,(H,30,31)(H,33,34)(H2,19,21,32);1H4. The molecule has 0 spiro atoms. The van der Waals surface area contributed by atoms with Crippen molar-refractivity contribution >= 4 is 45.0 Å². The molecule has 4 fully saturated rings. The Kier molecular flexibility index (Phi) is 23.9. The number of hydrogen-bond acceptors (Lipinski definition) is 31. The van der Waals surface area contributed by atoms with Crippen molar-refractivity contribution in [2.45, 2.75) is 144 Å². The van der Waals surface area contributed by atoms with E-state index in [1.807, 2.05) is 0 Å². The normalized spacial score (nSPS) is 34.3. The summed E-state index contributed by atoms with van der Waals surface area (Å²) in [5.41, 5.74) is 26.3. The second-order valence-corrected chi connectivity index (χ2v) is 21.4. The van der Waals surface area contributed by atoms with Crippen LogP contribution in [0, 0.1) is 17.8 Å². The minimum Gasteiger partial charge on any atom is -0.477 e. The molecular weight excluding hydrogens is 1170 g/mol. The number of aliphatic carboxylic acids is 2. The molecule has 18 N–H and O–H groups in total. The molecule has 6 rings (SSSR count). The van der Waals surface area contributed by atoms with Crippen LogP contribution in [-0.2, 0) is 60.6 Å². The summed E-state index contributed by atoms with van der Waals surface area (Å²) < 4.78 is 68.5. The Bertz CT molecular complexity index is 2940. The number of carbonyl (C=O) groups is 3. The number of phosphoric acid groups is 2. The number of hydrogen-bond donors (Lipinski definition) is 16. The summed E-state index contributed by atoms with van der Waals surface area (Å²) in [7, 11) is -11.2. The molecule has 0 radical (unpaired) electrons. The first-order chi connectivity index (χ1) is 38.2. The molecule has 6 heterocycles. The van der Waals surface area contributed by atoms with Gasteiger partial charge in [-0.1, -0.05) is 31.5 Å². The number of Topliss-reactive ketones (excluding diaryl/α,β-unsaturated/α-hetero) is 1. The molecule has 0 amide bonds. The molecule has 0 bridgehead atoms. The number of phosphoric ester groups is 2. The van der Waals surface area contributed by atoms with Crippen LogP contribution in [-0.4, -0.2) is 219 Å². The summed E-state index contributed by atoms with van der Waals surface area (Å²) in [5.74, 6) is -15.1. The number of aromatic nitrogens is 4. The average molecular weight is 1240 g/mol. The third-order valence-electron chi connectivity index (χ3n) is 13.0. The predicted octanol–water partition coefficient (Wildman–Crippen LogP) is -4.89. The highest BCUT2D eigenvalue weighted by atomic mass is 31.2. The molecule has 0 aromatic carbocycles. The van der Waals surface area contributed by atoms with Gasteiger partial charge in [-0.3, -0.25) is 23.0 Å². The highest BCUT2D eigenvalue weighted by Gasteiger charge is 2.61. The molecule has 22 atom stereocenters. The SMILES string of the molecule is C.CC1C(O)C(OP(=O)(O)OC2(C(=O)O)CC(O)C(CC(=O)CN=[N+]=[N-])C(C(O)C(O)CO)O2)OC1n1ccc(N)nc1=O.CC1C(O)C(OP(=O)(O)OC2(C(=O)O)CC(O)C(N=[N+]=[N-])C(C(O)C(O)CO)O2)OC1n1ccc(N)nc1=O. The van der Waals surface area contributed by atoms with Gasteiger partial charge in [0.1, 0.15) is 72.6 Å². The van der Waals surface area contributed by atoms with Crippen molar-refractivity contribution in [3.8, 4) is 0 Å². The van der Waals surface area contributed by atoms with Crippen molar-refractivity contribution in [3.63, 3.8) is 0 Å². The van der Waals surface area contributed by atoms with Gasteiger partial charge in [0, 0.05) is 59.2 Å². The summed E-state index contributed by atoms with van der Waals surface area (Å²) in [4.78, 5) is 93.9. The summed E-state index contributed by atoms with van der Waals surface area (Å²) in [5, 5.41) is 127. The van der Waals surface area contributed by atoms with Gasteiger partial charge in [0.25, 0.3) is 11.6 Å². The number of aliphatic hydroxyl groups excluding tert-OH is 10. The molecule has 4 aliphatic rings. The van der Waals surface area contributed by atoms with Crippen LogP contribution in [0.2, 0.25) is 0 Å². The quantitative estimate of drug-likeness (QED) is 0.0215. The number of nitrogens with two attached hydrogens (primary N) is 2. The molecule has 2 aromatic rings. The smallest absolute Gasteiger partial charge is 0.477 e. The van der Waals surface area contributed by atoms with Gasteiger partial charge >= 0.3 is 39.0 Å². The minimum atomic E-state index is -5.65. The minimum absolute atomic E-state index is 0. The molecule has 43 heteroatoms. The largest absolute Gasteiger partial charge is 0.477 e. The number of rotatable bonds is 23. The van der Waals surface area contributed by atoms with Crippen LogP contribution in [0.4, 0.5) is 11.6 Å². The molecule has 83 heavy (non-hydrogen) atoms. The highest BCUT2D eigenvalue weighted by Crippen LogP contribution is 2.56. The average Bonchev–Trinajstić information content (AvgIpc) is 3.95. The number of nitrogens with zero attached hydrogens (tertiary/aromatic N) is 10. The molecule has 4 aliphatic heterocycles. The first-order valence-electron chi connectivity index (χ1n) is 23.7. The summed E-state index contributed by atoms with van der Waals surface area (Å²) in [6, 6.07) is 0.772. The first kappa shape index (κ1) is 69.7. The maximum Gasteiger partial charge on any atom is 0.477 e. The second-order valence-electron chi connectivity index (χ2n) is 18.7. The van der Waals surface area contributed by atoms with Crippen molar-refractivity contribution in [2.24, 2.45) is 28.0 Å². The van der Waals surface area contributed by atoms with E-state index in [1.165, 1.54) is 38.4 Å². The maximum absolute atomic E-state index is 13.1. The Hall–Kier alpha value is -5.75. The van der Waals surface area contributed by atoms with Crippen LogP contribution in [0.5, 0.6) is 0 Å². The van der Waals surface area contributed by atoms with E-state index < -0.39 is 205 Å². The zero-order chi connectivity index (χ0) is 61.6. The van der Waals surface area contributed by atoms with Crippen LogP contribution in [0.25, 0.3) is 20.9 Å². The number of nitrogen functional groups attached to an aromatic ring is 2. The summed E-state index contributed by atoms with van der Waals surface area (Å²) in [6.07, 6.45) is -26.7. The van der Waals surface area contributed by atoms with Crippen LogP contribution >= 0.6 is 15.6 Å². The van der Waals surface area contributed by atoms with Gasteiger partial charge in [-0.05, 0) is 23.2 Å². The van der Waals surface area contributed by atoms with E-state index in [9.17, 15) is 99.1 Å². The number of aliphatic hydroxyl groups is 10. The van der Waals surface area contributed by atoms with E-state index in [0.717, 1.165) is 9.13 Å². The number of carboxylic acids is 2. The van der Waals surface area contributed by atoms with E-state index in [4.69, 9.17) is 64.7 Å². The van der Waals surface area contributed by atoms with Gasteiger partial charge in [-0.15, -0.1) is 0 Å². The fourth-order valence-electron chi connectivity index (χ4n) is 8.81. The van der Waals surface area contributed by atoms with E-state index in [-0.39, 0.29) is 19.1 Å². The zero-order valence-corrected chi connectivity index (χ0v) is 44.1. The number of azide groups is 2. The molecular formula is C40H62N12O29P2. The van der Waals surface area contributed by atoms with Crippen molar-refractivity contribution in [1.29, 1.82) is 0 Å². The lowest BCUT2D eigenvalue weighted by atomic mass is 9.80. The lowest BCUT2D eigenvalue weighted by Gasteiger charge is -2.46. The fraction of sp³-hybridized carbons (Fsp3) is 0.725. The Morgan fingerprint density at radius 1 is 0.759 bits per heavy atom. The maximum atomic E-state index is 13.1. The zero-order valence-electron chi connectivity index (χ0n) is 42.4. The third kappa shape index (κ3) is 16.2. The molecule has 4 saturated heterocycles. The van der Waals surface area contributed by atoms with Crippen LogP contribution in [0.1, 0.15) is 53.0 Å². The number of ether oxygens (including phenoxy) is 4. The lowest BCUT2D eigenvalue weighted by molar-refractivity contribution is -0.299. The second kappa shape index (κ2) is 28.4. The lowest BCUT2D eigenvalue weighted by Crippen LogP contribution is -2.63. The third-order valence-corrected chi connectivity index (χ3v) is 15.0. The van der Waals surface area contributed by atoms with Crippen LogP contribution < -0.4 is 22.8 Å². The van der Waals surface area contributed by atoms with E-state index in [0.29, 0.717) is 0 Å². The Balaban J connectivity index is 0.000000354. The topological polar surface area (TPSA) is 662 Å². The van der Waals surface area contributed by atoms with Gasteiger partial charge < -0.3 is 101 Å². The molecule has 2 aromatic heterocycles. The first-order valence-corrected chi connectivity index (χ1v) is 26.7. The predicted molar refractivity (Wildman–Crippen MR) is 265 cm³/mol. The summed E-state index contributed by atoms with van der Waals surface area (Å²) >= 11 is 0. The van der Waals surface area contributed by atoms with Crippen LogP contribution in [0.3, 0.4) is 0 Å². The van der Waals surface area contributed by atoms with Crippen molar-refractivity contribution in [1.82, 2.24) is 19.1 Å². The molecule has 466 valence electrons. The van der Waals surface area contributed by atoms with Gasteiger partial charge in [0.15, 0.2) is 12.6 Å². The van der Waals surface area contributed by atoms with Gasteiger partial charge in [-0.25, -0.2) is 37.4 Å². The highest BCUT2D eigenvalue weighted by molar-refractivity contribution is 7.47. The Labute approximate surface area is 464 Å². The Morgan fingerprint density at radius 2 is 1.17 bits per heavy atom. The number of carbonyl (C=O) groups excluding carboxylic acids is 1. The van der Waals surface area contributed by atoms with Gasteiger partial charge in [0.05, 0.1) is 44.1 Å². The van der Waals surface area contributed by atoms with E-state index >= 15 is 0 Å². The van der Waals surface area contributed by atoms with Gasteiger partial charge in [-0.2, -0.15) is 9.97 Å². The van der Waals surface area contributed by atoms with Crippen LogP contribution in [0.15, 0.2) is 44.3 Å². The molecule has 0 saturated carbocycles. The van der Waals surface area contributed by atoms with Crippen molar-refractivity contribution < 1.29 is 132 Å². The monoisotopic (exact) mass is 1240 g/mol. The number of anilines is 2. The molecule has 22 unspecified atom stereocenters. The summed E-state index contributed by atoms with van der Waals surface area (Å²) in [6.45, 7) is -0.0371. The molecule has 0 aliphatic carbocycles. The Morgan fingerprint density at radius 3 is 1.55 bits per heavy atom.